The van der Waals surface area contributed by atoms with Gasteiger partial charge in [0, 0.05) is 11.4 Å². The molecule has 0 amide bonds. The normalized spacial score (nSPS) is 17.7. The summed E-state index contributed by atoms with van der Waals surface area (Å²) in [5, 5.41) is 5.19. The van der Waals surface area contributed by atoms with Gasteiger partial charge in [-0.2, -0.15) is 0 Å². The van der Waals surface area contributed by atoms with E-state index in [1.54, 1.807) is 6.07 Å². The van der Waals surface area contributed by atoms with Crippen molar-refractivity contribution in [2.75, 3.05) is 7.05 Å². The molecule has 1 unspecified atom stereocenters. The Hall–Kier alpha value is -1.41. The maximum Gasteiger partial charge on any atom is 0.131 e. The van der Waals surface area contributed by atoms with Crippen LogP contribution < -0.4 is 5.32 Å². The van der Waals surface area contributed by atoms with E-state index in [-0.39, 0.29) is 5.82 Å². The number of nitrogens with one attached hydrogen (secondary N) is 1. The lowest BCUT2D eigenvalue weighted by atomic mass is 9.76. The second-order valence-electron chi connectivity index (χ2n) is 5.14. The van der Waals surface area contributed by atoms with Crippen LogP contribution in [0.25, 0.3) is 10.8 Å². The van der Waals surface area contributed by atoms with Crippen molar-refractivity contribution in [3.63, 3.8) is 0 Å². The maximum atomic E-state index is 13.8. The molecule has 0 spiro atoms. The first-order valence-corrected chi connectivity index (χ1v) is 6.65. The molecule has 1 aliphatic carbocycles. The van der Waals surface area contributed by atoms with Crippen molar-refractivity contribution in [3.8, 4) is 0 Å². The van der Waals surface area contributed by atoms with Gasteiger partial charge >= 0.3 is 0 Å². The Morgan fingerprint density at radius 1 is 1.11 bits per heavy atom. The average Bonchev–Trinajstić information content (AvgIpc) is 2.35. The van der Waals surface area contributed by atoms with Gasteiger partial charge in [0.1, 0.15) is 5.82 Å². The lowest BCUT2D eigenvalue weighted by Crippen LogP contribution is -2.29. The predicted molar refractivity (Wildman–Crippen MR) is 73.0 cm³/mol. The molecule has 94 valence electrons. The molecule has 1 saturated carbocycles. The van der Waals surface area contributed by atoms with Crippen molar-refractivity contribution in [2.45, 2.75) is 25.3 Å². The van der Waals surface area contributed by atoms with Crippen LogP contribution in [-0.4, -0.2) is 7.05 Å². The third kappa shape index (κ3) is 1.81. The second-order valence-corrected chi connectivity index (χ2v) is 5.14. The summed E-state index contributed by atoms with van der Waals surface area (Å²) in [6.07, 6.45) is 3.87. The van der Waals surface area contributed by atoms with Gasteiger partial charge in [0.25, 0.3) is 0 Å². The molecule has 0 bridgehead atoms. The molecule has 1 N–H and O–H groups in total. The smallest absolute Gasteiger partial charge is 0.131 e. The molecule has 1 aliphatic rings. The summed E-state index contributed by atoms with van der Waals surface area (Å²) in [6, 6.07) is 11.7. The lowest BCUT2D eigenvalue weighted by Gasteiger charge is -2.34. The first-order chi connectivity index (χ1) is 8.81. The van der Waals surface area contributed by atoms with E-state index in [1.165, 1.54) is 24.8 Å². The van der Waals surface area contributed by atoms with Gasteiger partial charge in [0.05, 0.1) is 0 Å². The van der Waals surface area contributed by atoms with Crippen molar-refractivity contribution in [2.24, 2.45) is 5.92 Å². The van der Waals surface area contributed by atoms with Crippen LogP contribution in [0.1, 0.15) is 30.9 Å². The molecule has 2 aromatic carbocycles. The summed E-state index contributed by atoms with van der Waals surface area (Å²) >= 11 is 0. The monoisotopic (exact) mass is 243 g/mol. The number of hydrogen-bond acceptors (Lipinski definition) is 1. The van der Waals surface area contributed by atoms with Gasteiger partial charge in [-0.15, -0.1) is 0 Å². The fourth-order valence-corrected chi connectivity index (χ4v) is 2.98. The molecule has 1 nitrogen and oxygen atoms in total. The number of fused-ring (bicyclic) bond motifs is 1. The van der Waals surface area contributed by atoms with Crippen LogP contribution in [0.2, 0.25) is 0 Å². The van der Waals surface area contributed by atoms with Gasteiger partial charge in [-0.1, -0.05) is 36.8 Å². The minimum Gasteiger partial charge on any atom is -0.313 e. The Kier molecular flexibility index (Phi) is 3.04. The van der Waals surface area contributed by atoms with E-state index < -0.39 is 0 Å². The molecule has 1 atom stereocenters. The fourth-order valence-electron chi connectivity index (χ4n) is 2.98. The Morgan fingerprint density at radius 3 is 2.44 bits per heavy atom. The van der Waals surface area contributed by atoms with Crippen LogP contribution in [-0.2, 0) is 0 Å². The Balaban J connectivity index is 2.13. The third-order valence-corrected chi connectivity index (χ3v) is 4.17. The molecule has 0 saturated heterocycles. The summed E-state index contributed by atoms with van der Waals surface area (Å²) < 4.78 is 13.8. The van der Waals surface area contributed by atoms with E-state index in [0.29, 0.717) is 12.0 Å². The molecular weight excluding hydrogens is 225 g/mol. The topological polar surface area (TPSA) is 12.0 Å². The van der Waals surface area contributed by atoms with E-state index in [1.807, 2.05) is 37.4 Å². The molecule has 0 aromatic heterocycles. The van der Waals surface area contributed by atoms with E-state index in [4.69, 9.17) is 0 Å². The molecule has 0 aliphatic heterocycles. The van der Waals surface area contributed by atoms with Crippen molar-refractivity contribution >= 4 is 10.8 Å². The minimum atomic E-state index is -0.127. The molecule has 2 aromatic rings. The second kappa shape index (κ2) is 4.69. The van der Waals surface area contributed by atoms with Crippen LogP contribution in [0.4, 0.5) is 4.39 Å². The zero-order valence-corrected chi connectivity index (χ0v) is 10.6. The van der Waals surface area contributed by atoms with Gasteiger partial charge in [0.2, 0.25) is 0 Å². The summed E-state index contributed by atoms with van der Waals surface area (Å²) in [7, 11) is 2.00. The first kappa shape index (κ1) is 11.7. The van der Waals surface area contributed by atoms with Crippen LogP contribution >= 0.6 is 0 Å². The third-order valence-electron chi connectivity index (χ3n) is 4.17. The van der Waals surface area contributed by atoms with Crippen LogP contribution in [0.15, 0.2) is 36.4 Å². The molecule has 1 fully saturated rings. The quantitative estimate of drug-likeness (QED) is 0.858. The van der Waals surface area contributed by atoms with Gasteiger partial charge in [-0.25, -0.2) is 4.39 Å². The largest absolute Gasteiger partial charge is 0.313 e. The zero-order chi connectivity index (χ0) is 12.5. The molecule has 0 heterocycles. The van der Waals surface area contributed by atoms with Gasteiger partial charge in [0.15, 0.2) is 0 Å². The molecule has 3 rings (SSSR count). The summed E-state index contributed by atoms with van der Waals surface area (Å²) in [5.74, 6) is 0.571. The van der Waals surface area contributed by atoms with Crippen LogP contribution in [0, 0.1) is 11.7 Å². The SMILES string of the molecule is CNC(c1ccc(F)c2ccccc12)C1CCC1. The van der Waals surface area contributed by atoms with E-state index in [0.717, 1.165) is 10.8 Å². The summed E-state index contributed by atoms with van der Waals surface area (Å²) in [5.41, 5.74) is 1.24. The van der Waals surface area contributed by atoms with Gasteiger partial charge in [-0.05, 0) is 42.8 Å². The van der Waals surface area contributed by atoms with Crippen molar-refractivity contribution in [1.82, 2.24) is 5.32 Å². The summed E-state index contributed by atoms with van der Waals surface area (Å²) in [4.78, 5) is 0. The number of hydrogen-bond donors (Lipinski definition) is 1. The van der Waals surface area contributed by atoms with Crippen LogP contribution in [0.3, 0.4) is 0 Å². The highest BCUT2D eigenvalue weighted by Gasteiger charge is 2.28. The molecule has 2 heteroatoms. The Labute approximate surface area is 107 Å². The van der Waals surface area contributed by atoms with Crippen molar-refractivity contribution in [1.29, 1.82) is 0 Å². The average molecular weight is 243 g/mol. The molecule has 0 radical (unpaired) electrons. The number of benzene rings is 2. The van der Waals surface area contributed by atoms with E-state index in [2.05, 4.69) is 5.32 Å². The minimum absolute atomic E-state index is 0.127. The first-order valence-electron chi connectivity index (χ1n) is 6.65. The van der Waals surface area contributed by atoms with Gasteiger partial charge < -0.3 is 5.32 Å². The Bertz CT molecular complexity index is 560. The Morgan fingerprint density at radius 2 is 1.83 bits per heavy atom. The summed E-state index contributed by atoms with van der Waals surface area (Å²) in [6.45, 7) is 0. The maximum absolute atomic E-state index is 13.8. The fraction of sp³-hybridized carbons (Fsp3) is 0.375. The lowest BCUT2D eigenvalue weighted by molar-refractivity contribution is 0.240. The standard InChI is InChI=1S/C16H18FN/c1-18-16(11-5-4-6-11)14-9-10-15(17)13-8-3-2-7-12(13)14/h2-3,7-11,16,18H,4-6H2,1H3. The highest BCUT2D eigenvalue weighted by atomic mass is 19.1. The van der Waals surface area contributed by atoms with Crippen molar-refractivity contribution in [3.05, 3.63) is 47.8 Å². The van der Waals surface area contributed by atoms with Crippen LogP contribution in [0.5, 0.6) is 0 Å². The van der Waals surface area contributed by atoms with Gasteiger partial charge in [-0.3, -0.25) is 0 Å². The number of rotatable bonds is 3. The number of halogens is 1. The van der Waals surface area contributed by atoms with Crippen molar-refractivity contribution < 1.29 is 4.39 Å². The van der Waals surface area contributed by atoms with E-state index in [9.17, 15) is 4.39 Å². The van der Waals surface area contributed by atoms with E-state index >= 15 is 0 Å². The highest BCUT2D eigenvalue weighted by Crippen LogP contribution is 2.39. The molecule has 18 heavy (non-hydrogen) atoms. The predicted octanol–water partition coefficient (Wildman–Crippen LogP) is 4.04. The highest BCUT2D eigenvalue weighted by molar-refractivity contribution is 5.86. The molecular formula is C16H18FN. The zero-order valence-electron chi connectivity index (χ0n) is 10.6.